The zero-order chi connectivity index (χ0) is 21.9. The molecule has 0 aromatic carbocycles. The lowest BCUT2D eigenvalue weighted by atomic mass is 9.97. The van der Waals surface area contributed by atoms with Gasteiger partial charge in [0.05, 0.1) is 11.4 Å². The van der Waals surface area contributed by atoms with E-state index in [2.05, 4.69) is 56.5 Å². The van der Waals surface area contributed by atoms with Crippen molar-refractivity contribution in [3.05, 3.63) is 23.9 Å². The van der Waals surface area contributed by atoms with E-state index in [1.54, 1.807) is 0 Å². The Morgan fingerprint density at radius 1 is 1.33 bits per heavy atom. The number of fused-ring (bicyclic) bond motifs is 1. The summed E-state index contributed by atoms with van der Waals surface area (Å²) in [6.07, 6.45) is 4.82. The van der Waals surface area contributed by atoms with Gasteiger partial charge in [0.1, 0.15) is 11.9 Å². The predicted octanol–water partition coefficient (Wildman–Crippen LogP) is 3.99. The van der Waals surface area contributed by atoms with Crippen molar-refractivity contribution in [3.63, 3.8) is 0 Å². The Morgan fingerprint density at radius 3 is 2.73 bits per heavy atom. The Kier molecular flexibility index (Phi) is 7.06. The molecule has 1 aromatic heterocycles. The normalized spacial score (nSPS) is 21.9. The highest BCUT2D eigenvalue weighted by Gasteiger charge is 2.39. The van der Waals surface area contributed by atoms with E-state index in [1.807, 2.05) is 11.9 Å². The monoisotopic (exact) mass is 414 g/mol. The van der Waals surface area contributed by atoms with Crippen LogP contribution in [0.3, 0.4) is 0 Å². The van der Waals surface area contributed by atoms with E-state index in [4.69, 9.17) is 4.98 Å². The minimum atomic E-state index is -0.847. The van der Waals surface area contributed by atoms with Crippen LogP contribution in [0.15, 0.2) is 18.2 Å². The highest BCUT2D eigenvalue weighted by molar-refractivity contribution is 5.81. The third-order valence-electron chi connectivity index (χ3n) is 6.09. The van der Waals surface area contributed by atoms with Crippen molar-refractivity contribution in [2.75, 3.05) is 37.3 Å². The number of aliphatic hydroxyl groups excluding tert-OH is 1. The van der Waals surface area contributed by atoms with Crippen LogP contribution < -0.4 is 10.6 Å². The molecule has 0 bridgehead atoms. The van der Waals surface area contributed by atoms with Crippen LogP contribution in [0.2, 0.25) is 0 Å². The average Bonchev–Trinajstić information content (AvgIpc) is 3.28. The summed E-state index contributed by atoms with van der Waals surface area (Å²) < 4.78 is 0. The smallest absolute Gasteiger partial charge is 0.251 e. The summed E-state index contributed by atoms with van der Waals surface area (Å²) >= 11 is 0. The maximum atomic E-state index is 12.5. The molecule has 0 saturated carbocycles. The van der Waals surface area contributed by atoms with E-state index in [9.17, 15) is 9.90 Å². The number of nitrogens with one attached hydrogen (secondary N) is 2. The molecule has 1 amide bonds. The number of nitrogens with zero attached hydrogens (tertiary/aromatic N) is 2. The molecule has 6 nitrogen and oxygen atoms in total. The highest BCUT2D eigenvalue weighted by atomic mass is 16.3. The molecule has 1 aliphatic heterocycles. The molecule has 3 unspecified atom stereocenters. The first-order chi connectivity index (χ1) is 14.2. The predicted molar refractivity (Wildman–Crippen MR) is 123 cm³/mol. The third kappa shape index (κ3) is 5.34. The van der Waals surface area contributed by atoms with Crippen molar-refractivity contribution >= 4 is 23.0 Å². The maximum absolute atomic E-state index is 12.5. The Hall–Kier alpha value is -2.08. The van der Waals surface area contributed by atoms with Gasteiger partial charge in [-0.3, -0.25) is 4.79 Å². The van der Waals surface area contributed by atoms with Gasteiger partial charge in [0, 0.05) is 26.7 Å². The van der Waals surface area contributed by atoms with Gasteiger partial charge >= 0.3 is 0 Å². The van der Waals surface area contributed by atoms with Crippen LogP contribution >= 0.6 is 0 Å². The molecular formula is C24H38N4O2. The van der Waals surface area contributed by atoms with Crippen molar-refractivity contribution in [1.82, 2.24) is 9.88 Å². The number of amides is 1. The summed E-state index contributed by atoms with van der Waals surface area (Å²) in [7, 11) is 1.90. The first-order valence-corrected chi connectivity index (χ1v) is 11.3. The number of unbranched alkanes of at least 4 members (excludes halogenated alkanes) is 1. The van der Waals surface area contributed by atoms with E-state index in [0.29, 0.717) is 24.8 Å². The second kappa shape index (κ2) is 9.38. The molecular weight excluding hydrogens is 376 g/mol. The molecule has 1 aliphatic carbocycles. The maximum Gasteiger partial charge on any atom is 0.251 e. The lowest BCUT2D eigenvalue weighted by Crippen LogP contribution is -2.38. The summed E-state index contributed by atoms with van der Waals surface area (Å²) in [6, 6.07) is 4.20. The number of aliphatic hydroxyl groups is 1. The minimum Gasteiger partial charge on any atom is -0.383 e. The van der Waals surface area contributed by atoms with Gasteiger partial charge in [-0.1, -0.05) is 46.6 Å². The first kappa shape index (κ1) is 22.6. The molecule has 1 saturated heterocycles. The lowest BCUT2D eigenvalue weighted by Gasteiger charge is -2.21. The SMILES string of the molecule is CCCCC(O)C(=O)N1CC2C=C(c3ccc(NCC(C)(C)C)c(NC)n3)CC2C1. The fourth-order valence-corrected chi connectivity index (χ4v) is 4.34. The summed E-state index contributed by atoms with van der Waals surface area (Å²) in [4.78, 5) is 19.2. The molecule has 3 atom stereocenters. The Bertz CT molecular complexity index is 784. The van der Waals surface area contributed by atoms with Crippen molar-refractivity contribution < 1.29 is 9.90 Å². The topological polar surface area (TPSA) is 77.5 Å². The van der Waals surface area contributed by atoms with Crippen molar-refractivity contribution in [2.45, 2.75) is 59.5 Å². The van der Waals surface area contributed by atoms with Gasteiger partial charge in [-0.25, -0.2) is 4.98 Å². The number of hydrogen-bond acceptors (Lipinski definition) is 5. The van der Waals surface area contributed by atoms with Gasteiger partial charge < -0.3 is 20.6 Å². The van der Waals surface area contributed by atoms with Crippen LogP contribution in [0.25, 0.3) is 5.57 Å². The number of rotatable bonds is 8. The summed E-state index contributed by atoms with van der Waals surface area (Å²) in [6.45, 7) is 11.0. The van der Waals surface area contributed by atoms with Gasteiger partial charge in [0.2, 0.25) is 0 Å². The first-order valence-electron chi connectivity index (χ1n) is 11.3. The standard InChI is InChI=1S/C24H38N4O2/c1-6-7-8-21(29)23(30)28-13-17-11-16(12-18(17)14-28)19-9-10-20(22(25-5)27-19)26-15-24(2,3)4/h9-11,17-18,21,26,29H,6-8,12-15H2,1-5H3,(H,25,27). The van der Waals surface area contributed by atoms with Crippen LogP contribution in [0, 0.1) is 17.3 Å². The van der Waals surface area contributed by atoms with Gasteiger partial charge in [0.25, 0.3) is 5.91 Å². The van der Waals surface area contributed by atoms with Gasteiger partial charge in [0.15, 0.2) is 0 Å². The molecule has 2 aliphatic rings. The number of carbonyl (C=O) groups is 1. The van der Waals surface area contributed by atoms with Gasteiger partial charge in [-0.2, -0.15) is 0 Å². The third-order valence-corrected chi connectivity index (χ3v) is 6.09. The Balaban J connectivity index is 1.65. The zero-order valence-corrected chi connectivity index (χ0v) is 19.2. The number of allylic oxidation sites excluding steroid dienone is 1. The van der Waals surface area contributed by atoms with Crippen LogP contribution in [0.1, 0.15) is 59.1 Å². The minimum absolute atomic E-state index is 0.0994. The quantitative estimate of drug-likeness (QED) is 0.599. The molecule has 6 heteroatoms. The Morgan fingerprint density at radius 2 is 2.10 bits per heavy atom. The fourth-order valence-electron chi connectivity index (χ4n) is 4.34. The lowest BCUT2D eigenvalue weighted by molar-refractivity contribution is -0.139. The van der Waals surface area contributed by atoms with Crippen molar-refractivity contribution in [2.24, 2.45) is 17.3 Å². The average molecular weight is 415 g/mol. The molecule has 1 aromatic rings. The van der Waals surface area contributed by atoms with E-state index >= 15 is 0 Å². The number of pyridine rings is 1. The largest absolute Gasteiger partial charge is 0.383 e. The Labute approximate surface area is 181 Å². The summed E-state index contributed by atoms with van der Waals surface area (Å²) in [5, 5.41) is 16.9. The van der Waals surface area contributed by atoms with E-state index in [-0.39, 0.29) is 11.3 Å². The molecule has 0 spiro atoms. The summed E-state index contributed by atoms with van der Waals surface area (Å²) in [5.74, 6) is 1.56. The highest BCUT2D eigenvalue weighted by Crippen LogP contribution is 2.41. The molecule has 3 N–H and O–H groups in total. The fraction of sp³-hybridized carbons (Fsp3) is 0.667. The second-order valence-electron chi connectivity index (χ2n) is 9.98. The van der Waals surface area contributed by atoms with Crippen molar-refractivity contribution in [3.8, 4) is 0 Å². The molecule has 2 heterocycles. The number of anilines is 2. The molecule has 30 heavy (non-hydrogen) atoms. The second-order valence-corrected chi connectivity index (χ2v) is 9.98. The van der Waals surface area contributed by atoms with Gasteiger partial charge in [-0.05, 0) is 47.8 Å². The number of likely N-dealkylation sites (tertiary alicyclic amines) is 1. The number of carbonyl (C=O) groups excluding carboxylic acids is 1. The molecule has 166 valence electrons. The van der Waals surface area contributed by atoms with Gasteiger partial charge in [-0.15, -0.1) is 0 Å². The van der Waals surface area contributed by atoms with Crippen LogP contribution in [-0.2, 0) is 4.79 Å². The molecule has 3 rings (SSSR count). The molecule has 1 fully saturated rings. The van der Waals surface area contributed by atoms with E-state index in [1.165, 1.54) is 5.57 Å². The van der Waals surface area contributed by atoms with Crippen LogP contribution in [0.5, 0.6) is 0 Å². The zero-order valence-electron chi connectivity index (χ0n) is 19.2. The number of hydrogen-bond donors (Lipinski definition) is 3. The van der Waals surface area contributed by atoms with Crippen molar-refractivity contribution in [1.29, 1.82) is 0 Å². The van der Waals surface area contributed by atoms with E-state index < -0.39 is 6.10 Å². The molecule has 0 radical (unpaired) electrons. The number of aromatic nitrogens is 1. The van der Waals surface area contributed by atoms with Crippen LogP contribution in [-0.4, -0.2) is 53.7 Å². The van der Waals surface area contributed by atoms with E-state index in [0.717, 1.165) is 49.6 Å². The summed E-state index contributed by atoms with van der Waals surface area (Å²) in [5.41, 5.74) is 3.49. The van der Waals surface area contributed by atoms with Crippen LogP contribution in [0.4, 0.5) is 11.5 Å².